The number of aromatic nitrogens is 6. The molecule has 0 aliphatic carbocycles. The number of hydrogen-bond donors (Lipinski definition) is 9. The van der Waals surface area contributed by atoms with E-state index in [4.69, 9.17) is 78.7 Å². The maximum atomic E-state index is 13.7. The standard InChI is InChI=1S/C25H32BrFN6O4.C22H28BrFN6O4.C14H12BrFN4S.C11H22N2O4.2C2H4O2.CH4.FH.Hg.H2/c1-13-20-19(31-22(28)29-13)10-18(16-8-7-14(27)9-17(16)26)30-21(20)32-35-12-15-11-33(25(5,6)36-15)23(34)37-24(2,3)4;1-11-18-17(29-20(25)27-11)8-16(14-6-5-12(24)7-15(14)23)28-19(18)30-33-10-13(31)9-26-21(32)34-22(2,3)4;1-6-12-11(20-14(17)18-6)5-10(19-13(12)21)8-3-2-7(16)4-9(8)15;1-10(2,3)17-9(14)13-6-8(7-15-12)16-11(13,4)5;2*1-2(3)4;;;;/h7-9,15,18H,10-12H2,1-6H3,(H,30,32)(H2,28,29,31);5-7,13,16,31H,8-10H2,1-4H3,(H,26,32)(H,28,30)(H2,25,27,29);2-4,10H,5H2,1H3,(H,19,21)(H2,17,18,20);8H,6-7,12H2,1-5H3;2*1H3,(H,3,4);1H4;1H;;1H/q;;;;;;;;+2;/p-2/t15-,18+;13-,16+;10-;8-;;;;;;/m0010....../s1. The van der Waals surface area contributed by atoms with Crippen LogP contribution in [0.25, 0.3) is 0 Å². The summed E-state index contributed by atoms with van der Waals surface area (Å²) in [4.78, 5) is 111. The zero-order valence-electron chi connectivity index (χ0n) is 69.2. The van der Waals surface area contributed by atoms with Crippen LogP contribution in [0.4, 0.5) is 50.1 Å². The molecule has 0 bridgehead atoms. The summed E-state index contributed by atoms with van der Waals surface area (Å²) in [6.07, 6.45) is -1.58. The Hall–Kier alpha value is -8.30. The quantitative estimate of drug-likeness (QED) is 0.0152. The summed E-state index contributed by atoms with van der Waals surface area (Å²) in [5, 5.41) is 15.9. The molecule has 3 aromatic carbocycles. The van der Waals surface area contributed by atoms with Crippen molar-refractivity contribution < 1.29 is 117 Å². The molecule has 6 aromatic rings. The fourth-order valence-corrected chi connectivity index (χ4v) is 16.1. The number of nitrogens with two attached hydrogens (primary N) is 4. The van der Waals surface area contributed by atoms with Crippen molar-refractivity contribution in [2.75, 3.05) is 56.7 Å². The SMILES string of the molecule is C.CC(=O)[O][Hg][O]C(C)=O.CC(C)(C)OC(=O)N1C[C@@H](CON)OC1(C)C.Cc1nc(N)nc2c1C(=S)N[C@@H](c1ccc(F)cc1Br)C2.Cc1nc(N)nc2c1C(NOC[C@@H](O)CNC(=O)OC(C)(C)C)=N[C@@H](c1ccc(F)cc1Br)C2.Cc1nc(N)nc2c1C(NOC[C@@H]1CN(C(=O)OC(C)(C)C)C(C)(C)O1)=N[C@@H](c1ccc(F)cc1Br)C2.F.[HH]. The number of nitrogens with one attached hydrogen (secondary N) is 4. The Morgan fingerprint density at radius 2 is 0.992 bits per heavy atom. The van der Waals surface area contributed by atoms with Gasteiger partial charge in [-0.2, -0.15) is 0 Å². The number of fused-ring (bicyclic) bond motifs is 3. The Bertz CT molecular complexity index is 4700. The van der Waals surface area contributed by atoms with E-state index in [0.29, 0.717) is 96.3 Å². The van der Waals surface area contributed by atoms with Gasteiger partial charge in [0, 0.05) is 40.7 Å². The molecule has 6 atom stereocenters. The molecule has 11 rings (SSSR count). The molecule has 0 radical (unpaired) electrons. The largest absolute Gasteiger partial charge is 0.444 e. The molecule has 43 heteroatoms. The number of hydrogen-bond acceptors (Lipinski definition) is 31. The maximum Gasteiger partial charge on any atom is 0.412 e. The molecular formula is C77H107Br3F4HgN18O16S. The number of aliphatic hydroxyl groups is 1. The zero-order chi connectivity index (χ0) is 87.9. The molecule has 13 N–H and O–H groups in total. The molecule has 0 spiro atoms. The summed E-state index contributed by atoms with van der Waals surface area (Å²) in [7, 11) is 0. The molecule has 0 unspecified atom stereocenters. The minimum atomic E-state index is -2.04. The van der Waals surface area contributed by atoms with Gasteiger partial charge in [-0.15, -0.1) is 0 Å². The summed E-state index contributed by atoms with van der Waals surface area (Å²) in [6.45, 7) is 32.4. The normalized spacial score (nSPS) is 18.0. The van der Waals surface area contributed by atoms with Crippen molar-refractivity contribution >= 4 is 125 Å². The van der Waals surface area contributed by atoms with Crippen LogP contribution in [0.5, 0.6) is 0 Å². The minimum absolute atomic E-state index is 0. The van der Waals surface area contributed by atoms with E-state index in [-0.39, 0.29) is 117 Å². The number of amides is 3. The predicted octanol–water partition coefficient (Wildman–Crippen LogP) is 12.1. The number of aliphatic imine (C=N–C) groups is 2. The summed E-state index contributed by atoms with van der Waals surface area (Å²) in [5.41, 5.74) is 28.8. The molecule has 2 saturated heterocycles. The summed E-state index contributed by atoms with van der Waals surface area (Å²) >= 11 is 13.6. The van der Waals surface area contributed by atoms with Crippen LogP contribution in [-0.2, 0) is 97.8 Å². The number of alkyl carbamates (subject to hydrolysis) is 1. The fraction of sp³-hybridized carbons (Fsp3) is 0.506. The van der Waals surface area contributed by atoms with Gasteiger partial charge < -0.3 is 61.5 Å². The van der Waals surface area contributed by atoms with Crippen LogP contribution in [0.3, 0.4) is 0 Å². The zero-order valence-corrected chi connectivity index (χ0v) is 80.2. The molecular weight excluding hydrogens is 1980 g/mol. The maximum absolute atomic E-state index is 13.7. The second-order valence-corrected chi connectivity index (χ2v) is 37.4. The molecule has 3 amide bonds. The number of aryl methyl sites for hydroxylation is 3. The van der Waals surface area contributed by atoms with Crippen molar-refractivity contribution in [1.29, 1.82) is 0 Å². The van der Waals surface area contributed by atoms with Crippen LogP contribution >= 0.6 is 60.0 Å². The van der Waals surface area contributed by atoms with Crippen molar-refractivity contribution in [1.82, 2.24) is 61.3 Å². The molecule has 0 saturated carbocycles. The number of rotatable bonds is 15. The van der Waals surface area contributed by atoms with Crippen LogP contribution in [0.2, 0.25) is 0 Å². The van der Waals surface area contributed by atoms with Crippen LogP contribution < -0.4 is 44.7 Å². The van der Waals surface area contributed by atoms with Crippen molar-refractivity contribution in [3.63, 3.8) is 0 Å². The first-order valence-corrected chi connectivity index (χ1v) is 44.2. The number of ether oxygens (including phenoxy) is 5. The molecule has 34 nitrogen and oxygen atoms in total. The number of halogens is 7. The Morgan fingerprint density at radius 3 is 1.38 bits per heavy atom. The first-order valence-electron chi connectivity index (χ1n) is 37.0. The van der Waals surface area contributed by atoms with Crippen molar-refractivity contribution in [3.8, 4) is 0 Å². The number of benzene rings is 3. The molecule has 2 fully saturated rings. The van der Waals surface area contributed by atoms with E-state index in [0.717, 1.165) is 33.6 Å². The average Bonchev–Trinajstić information content (AvgIpc) is 1.72. The molecule has 8 heterocycles. The van der Waals surface area contributed by atoms with Gasteiger partial charge in [0.25, 0.3) is 0 Å². The number of anilines is 3. The van der Waals surface area contributed by atoms with Gasteiger partial charge in [-0.3, -0.25) is 34.2 Å². The number of aliphatic hydroxyl groups excluding tert-OH is 1. The molecule has 658 valence electrons. The molecule has 5 aliphatic rings. The van der Waals surface area contributed by atoms with Crippen LogP contribution in [-0.4, -0.2) is 178 Å². The van der Waals surface area contributed by atoms with Gasteiger partial charge in [-0.05, 0) is 164 Å². The number of thiocarbonyl (C=S) groups is 1. The third kappa shape index (κ3) is 30.6. The number of carbonyl (C=O) groups is 5. The van der Waals surface area contributed by atoms with E-state index >= 15 is 0 Å². The average molecular weight is 2090 g/mol. The van der Waals surface area contributed by atoms with Gasteiger partial charge >= 0.3 is 84.4 Å². The number of hydroxylamine groups is 2. The van der Waals surface area contributed by atoms with E-state index in [2.05, 4.69) is 109 Å². The monoisotopic (exact) mass is 2090 g/mol. The number of amidine groups is 2. The third-order valence-corrected chi connectivity index (χ3v) is 23.5. The molecule has 5 aliphatic heterocycles. The topological polar surface area (TPSA) is 459 Å². The van der Waals surface area contributed by atoms with E-state index in [1.165, 1.54) is 50.2 Å². The first kappa shape index (κ1) is 102. The summed E-state index contributed by atoms with van der Waals surface area (Å²) in [6, 6.07) is 12.7. The predicted molar refractivity (Wildman–Crippen MR) is 450 cm³/mol. The van der Waals surface area contributed by atoms with Gasteiger partial charge in [0.05, 0.1) is 94.8 Å². The summed E-state index contributed by atoms with van der Waals surface area (Å²) < 4.78 is 79.0. The second kappa shape index (κ2) is 44.1. The van der Waals surface area contributed by atoms with Crippen LogP contribution in [0.15, 0.2) is 78.0 Å². The van der Waals surface area contributed by atoms with E-state index < -0.39 is 78.1 Å². The minimum Gasteiger partial charge on any atom is -0.444 e. The molecule has 120 heavy (non-hydrogen) atoms. The van der Waals surface area contributed by atoms with Crippen LogP contribution in [0.1, 0.15) is 198 Å². The van der Waals surface area contributed by atoms with E-state index in [9.17, 15) is 42.3 Å². The van der Waals surface area contributed by atoms with Crippen molar-refractivity contribution in [3.05, 3.63) is 153 Å². The Morgan fingerprint density at radius 1 is 0.617 bits per heavy atom. The van der Waals surface area contributed by atoms with E-state index in [1.807, 2.05) is 83.1 Å². The van der Waals surface area contributed by atoms with E-state index in [1.54, 1.807) is 55.7 Å². The Labute approximate surface area is 739 Å². The third-order valence-electron chi connectivity index (χ3n) is 17.1. The van der Waals surface area contributed by atoms with Crippen molar-refractivity contribution in [2.24, 2.45) is 15.9 Å². The van der Waals surface area contributed by atoms with Gasteiger partial charge in [0.15, 0.2) is 11.7 Å². The van der Waals surface area contributed by atoms with Crippen molar-refractivity contribution in [2.45, 2.75) is 216 Å². The number of nitrogen functional groups attached to an aromatic ring is 3. The van der Waals surface area contributed by atoms with Crippen LogP contribution in [0, 0.1) is 38.2 Å². The number of carbonyl (C=O) groups excluding carboxylic acids is 5. The number of nitrogens with zero attached hydrogens (tertiary/aromatic N) is 10. The van der Waals surface area contributed by atoms with Gasteiger partial charge in [0.1, 0.15) is 76.1 Å². The van der Waals surface area contributed by atoms with Gasteiger partial charge in [0.2, 0.25) is 17.8 Å². The fourth-order valence-electron chi connectivity index (χ4n) is 12.3. The molecule has 3 aromatic heterocycles. The summed E-state index contributed by atoms with van der Waals surface area (Å²) in [5.74, 6) is 4.61. The second-order valence-electron chi connectivity index (χ2n) is 31.2. The smallest absolute Gasteiger partial charge is 0.412 e. The van der Waals surface area contributed by atoms with Gasteiger partial charge in [-0.25, -0.2) is 74.3 Å². The first-order chi connectivity index (χ1) is 54.9. The van der Waals surface area contributed by atoms with Gasteiger partial charge in [-0.1, -0.05) is 85.6 Å². The Balaban J connectivity index is 0.000000336. The Kier molecular flexibility index (Phi) is 37.6.